The molecule has 1 saturated heterocycles. The zero-order valence-corrected chi connectivity index (χ0v) is 11.3. The van der Waals surface area contributed by atoms with Gasteiger partial charge in [0.1, 0.15) is 6.61 Å². The number of ether oxygens (including phenoxy) is 2. The number of rotatable bonds is 4. The van der Waals surface area contributed by atoms with Crippen LogP contribution < -0.4 is 0 Å². The van der Waals surface area contributed by atoms with E-state index in [1.807, 2.05) is 6.92 Å². The Morgan fingerprint density at radius 3 is 2.42 bits per heavy atom. The molecule has 0 radical (unpaired) electrons. The van der Waals surface area contributed by atoms with Crippen LogP contribution in [0.3, 0.4) is 0 Å². The summed E-state index contributed by atoms with van der Waals surface area (Å²) in [6.07, 6.45) is 1.91. The van der Waals surface area contributed by atoms with E-state index in [2.05, 4.69) is 0 Å². The number of hydrogen-bond acceptors (Lipinski definition) is 4. The normalized spacial score (nSPS) is 22.2. The maximum absolute atomic E-state index is 11.9. The molecule has 1 heterocycles. The lowest BCUT2D eigenvalue weighted by Crippen LogP contribution is -2.31. The Labute approximate surface area is 112 Å². The van der Waals surface area contributed by atoms with Crippen LogP contribution in [0.2, 0.25) is 0 Å². The summed E-state index contributed by atoms with van der Waals surface area (Å²) >= 11 is 0. The van der Waals surface area contributed by atoms with Gasteiger partial charge in [-0.25, -0.2) is 4.79 Å². The molecule has 19 heavy (non-hydrogen) atoms. The highest BCUT2D eigenvalue weighted by Gasteiger charge is 2.31. The molecule has 0 amide bonds. The third-order valence-corrected chi connectivity index (χ3v) is 3.34. The average molecular weight is 262 g/mol. The van der Waals surface area contributed by atoms with Crippen LogP contribution in [0, 0.1) is 0 Å². The second-order valence-corrected chi connectivity index (χ2v) is 5.11. The van der Waals surface area contributed by atoms with Gasteiger partial charge in [0, 0.05) is 12.2 Å². The van der Waals surface area contributed by atoms with Crippen molar-refractivity contribution in [3.8, 4) is 0 Å². The fourth-order valence-electron chi connectivity index (χ4n) is 2.09. The van der Waals surface area contributed by atoms with Gasteiger partial charge in [-0.05, 0) is 38.8 Å². The Bertz CT molecular complexity index is 469. The Kier molecular flexibility index (Phi) is 4.00. The van der Waals surface area contributed by atoms with Gasteiger partial charge >= 0.3 is 5.97 Å². The molecule has 102 valence electrons. The van der Waals surface area contributed by atoms with Crippen molar-refractivity contribution in [2.45, 2.75) is 32.3 Å². The van der Waals surface area contributed by atoms with Gasteiger partial charge in [0.2, 0.25) is 0 Å². The van der Waals surface area contributed by atoms with Gasteiger partial charge in [0.25, 0.3) is 0 Å². The Morgan fingerprint density at radius 2 is 1.89 bits per heavy atom. The van der Waals surface area contributed by atoms with Crippen molar-refractivity contribution in [1.29, 1.82) is 0 Å². The van der Waals surface area contributed by atoms with E-state index in [1.54, 1.807) is 24.3 Å². The molecule has 1 atom stereocenters. The first-order chi connectivity index (χ1) is 9.00. The molecular weight excluding hydrogens is 244 g/mol. The summed E-state index contributed by atoms with van der Waals surface area (Å²) in [4.78, 5) is 23.0. The summed E-state index contributed by atoms with van der Waals surface area (Å²) in [5.41, 5.74) is 0.684. The van der Waals surface area contributed by atoms with Crippen molar-refractivity contribution >= 4 is 11.8 Å². The molecule has 4 heteroatoms. The number of ketones is 1. The maximum atomic E-state index is 11.9. The molecule has 1 aromatic carbocycles. The Balaban J connectivity index is 1.94. The van der Waals surface area contributed by atoms with Crippen LogP contribution in [-0.2, 0) is 9.47 Å². The number of Topliss-reactive ketones (excluding diaryl/α,β-unsaturated/α-hetero) is 1. The minimum absolute atomic E-state index is 0.0215. The van der Waals surface area contributed by atoms with E-state index in [0.717, 1.165) is 19.4 Å². The van der Waals surface area contributed by atoms with Gasteiger partial charge < -0.3 is 9.47 Å². The van der Waals surface area contributed by atoms with Gasteiger partial charge in [-0.2, -0.15) is 0 Å². The van der Waals surface area contributed by atoms with E-state index in [9.17, 15) is 9.59 Å². The number of carbonyl (C=O) groups is 2. The zero-order chi connectivity index (χ0) is 13.9. The maximum Gasteiger partial charge on any atom is 0.338 e. The SMILES string of the molecule is CC(=O)c1ccc(C(=O)OC[C@@]2(C)CCCO2)cc1. The standard InChI is InChI=1S/C15H18O4/c1-11(16)12-4-6-13(7-5-12)14(17)18-10-15(2)8-3-9-19-15/h4-7H,3,8-10H2,1-2H3/t15-/m1/s1. The van der Waals surface area contributed by atoms with E-state index in [0.29, 0.717) is 11.1 Å². The summed E-state index contributed by atoms with van der Waals surface area (Å²) in [5.74, 6) is -0.404. The summed E-state index contributed by atoms with van der Waals surface area (Å²) in [7, 11) is 0. The fraction of sp³-hybridized carbons (Fsp3) is 0.467. The van der Waals surface area contributed by atoms with E-state index in [-0.39, 0.29) is 24.0 Å². The molecule has 0 saturated carbocycles. The predicted octanol–water partition coefficient (Wildman–Crippen LogP) is 2.62. The summed E-state index contributed by atoms with van der Waals surface area (Å²) in [5, 5.41) is 0. The lowest BCUT2D eigenvalue weighted by atomic mass is 10.0. The third-order valence-electron chi connectivity index (χ3n) is 3.34. The largest absolute Gasteiger partial charge is 0.459 e. The molecule has 0 N–H and O–H groups in total. The molecule has 0 spiro atoms. The zero-order valence-electron chi connectivity index (χ0n) is 11.3. The number of carbonyl (C=O) groups excluding carboxylic acids is 2. The van der Waals surface area contributed by atoms with Crippen molar-refractivity contribution in [2.24, 2.45) is 0 Å². The molecule has 1 aromatic rings. The number of hydrogen-bond donors (Lipinski definition) is 0. The van der Waals surface area contributed by atoms with Crippen LogP contribution in [0.15, 0.2) is 24.3 Å². The molecule has 4 nitrogen and oxygen atoms in total. The van der Waals surface area contributed by atoms with Gasteiger partial charge in [0.15, 0.2) is 5.78 Å². The summed E-state index contributed by atoms with van der Waals surface area (Å²) in [6.45, 7) is 4.43. The number of esters is 1. The lowest BCUT2D eigenvalue weighted by Gasteiger charge is -2.22. The summed E-state index contributed by atoms with van der Waals surface area (Å²) < 4.78 is 10.8. The van der Waals surface area contributed by atoms with Crippen molar-refractivity contribution in [3.63, 3.8) is 0 Å². The minimum atomic E-state index is -0.383. The summed E-state index contributed by atoms with van der Waals surface area (Å²) in [6, 6.07) is 6.48. The van der Waals surface area contributed by atoms with Gasteiger partial charge in [-0.3, -0.25) is 4.79 Å². The second kappa shape index (κ2) is 5.53. The van der Waals surface area contributed by atoms with Crippen LogP contribution in [-0.4, -0.2) is 30.6 Å². The van der Waals surface area contributed by atoms with E-state index < -0.39 is 0 Å². The number of benzene rings is 1. The van der Waals surface area contributed by atoms with Crippen molar-refractivity contribution in [1.82, 2.24) is 0 Å². The fourth-order valence-corrected chi connectivity index (χ4v) is 2.09. The highest BCUT2D eigenvalue weighted by atomic mass is 16.6. The van der Waals surface area contributed by atoms with Gasteiger partial charge in [0.05, 0.1) is 11.2 Å². The quantitative estimate of drug-likeness (QED) is 0.618. The Hall–Kier alpha value is -1.68. The first-order valence-electron chi connectivity index (χ1n) is 6.42. The molecule has 0 unspecified atom stereocenters. The van der Waals surface area contributed by atoms with Crippen LogP contribution in [0.1, 0.15) is 47.4 Å². The smallest absolute Gasteiger partial charge is 0.338 e. The van der Waals surface area contributed by atoms with E-state index >= 15 is 0 Å². The molecule has 1 aliphatic rings. The molecular formula is C15H18O4. The first kappa shape index (κ1) is 13.7. The molecule has 2 rings (SSSR count). The molecule has 1 aliphatic heterocycles. The highest BCUT2D eigenvalue weighted by molar-refractivity contribution is 5.96. The first-order valence-corrected chi connectivity index (χ1v) is 6.42. The van der Waals surface area contributed by atoms with Crippen LogP contribution >= 0.6 is 0 Å². The van der Waals surface area contributed by atoms with Crippen molar-refractivity contribution in [2.75, 3.05) is 13.2 Å². The minimum Gasteiger partial charge on any atom is -0.459 e. The third kappa shape index (κ3) is 3.41. The molecule has 1 fully saturated rings. The topological polar surface area (TPSA) is 52.6 Å². The van der Waals surface area contributed by atoms with Crippen LogP contribution in [0.5, 0.6) is 0 Å². The Morgan fingerprint density at radius 1 is 1.26 bits per heavy atom. The van der Waals surface area contributed by atoms with E-state index in [4.69, 9.17) is 9.47 Å². The van der Waals surface area contributed by atoms with Crippen LogP contribution in [0.25, 0.3) is 0 Å². The van der Waals surface area contributed by atoms with Gasteiger partial charge in [-0.15, -0.1) is 0 Å². The van der Waals surface area contributed by atoms with Crippen LogP contribution in [0.4, 0.5) is 0 Å². The lowest BCUT2D eigenvalue weighted by molar-refractivity contribution is -0.0378. The molecule has 0 aliphatic carbocycles. The molecule has 0 bridgehead atoms. The van der Waals surface area contributed by atoms with Gasteiger partial charge in [-0.1, -0.05) is 12.1 Å². The van der Waals surface area contributed by atoms with E-state index in [1.165, 1.54) is 6.92 Å². The van der Waals surface area contributed by atoms with Crippen molar-refractivity contribution < 1.29 is 19.1 Å². The monoisotopic (exact) mass is 262 g/mol. The second-order valence-electron chi connectivity index (χ2n) is 5.11. The predicted molar refractivity (Wildman–Crippen MR) is 70.3 cm³/mol. The average Bonchev–Trinajstić information content (AvgIpc) is 2.83. The molecule has 0 aromatic heterocycles. The van der Waals surface area contributed by atoms with Crippen molar-refractivity contribution in [3.05, 3.63) is 35.4 Å². The highest BCUT2D eigenvalue weighted by Crippen LogP contribution is 2.25.